The number of ketones is 1. The molecule has 26 heavy (non-hydrogen) atoms. The predicted octanol–water partition coefficient (Wildman–Crippen LogP) is 3.88. The second kappa shape index (κ2) is 8.83. The summed E-state index contributed by atoms with van der Waals surface area (Å²) in [7, 11) is 0. The Kier molecular flexibility index (Phi) is 5.01. The van der Waals surface area contributed by atoms with Crippen LogP contribution in [0.1, 0.15) is 71.6 Å². The highest BCUT2D eigenvalue weighted by Gasteiger charge is 2.29. The Hall–Kier alpha value is -2.37. The van der Waals surface area contributed by atoms with Crippen molar-refractivity contribution in [1.82, 2.24) is 5.32 Å². The molecule has 1 amide bonds. The summed E-state index contributed by atoms with van der Waals surface area (Å²) in [5.41, 5.74) is -2.13. The fraction of sp³-hybridized carbons (Fsp3) is 0.550. The van der Waals surface area contributed by atoms with Gasteiger partial charge >= 0.3 is 12.1 Å². The second-order valence-electron chi connectivity index (χ2n) is 7.69. The molecule has 0 heterocycles. The maximum Gasteiger partial charge on any atom is 0.408 e. The van der Waals surface area contributed by atoms with Crippen LogP contribution in [0, 0.1) is 0 Å². The first kappa shape index (κ1) is 14.8. The Morgan fingerprint density at radius 2 is 1.54 bits per heavy atom. The van der Waals surface area contributed by atoms with Crippen molar-refractivity contribution in [2.75, 3.05) is 0 Å². The number of hydrogen-bond donors (Lipinski definition) is 1. The molecule has 0 saturated carbocycles. The Bertz CT molecular complexity index is 845. The standard InChI is InChI=1S/C20H29NO5/c1-19(2,3)25-17(23)15(21-18(24)26-20(4,5)6)12-13-16(22)14-10-8-7-9-11-14/h7-11,15H,12-13H2,1-6H3,(H,21,24)/i7D,8D,9D,10D,11D. The van der Waals surface area contributed by atoms with Crippen molar-refractivity contribution >= 4 is 17.8 Å². The molecular formula is C20H29NO5. The minimum atomic E-state index is -1.23. The molecule has 0 aliphatic carbocycles. The van der Waals surface area contributed by atoms with E-state index in [0.717, 1.165) is 0 Å². The number of nitrogens with one attached hydrogen (secondary N) is 1. The minimum absolute atomic E-state index is 0.213. The predicted molar refractivity (Wildman–Crippen MR) is 99.0 cm³/mol. The summed E-state index contributed by atoms with van der Waals surface area (Å²) in [5.74, 6) is -1.54. The van der Waals surface area contributed by atoms with Crippen molar-refractivity contribution in [2.45, 2.75) is 71.6 Å². The first-order valence-corrected chi connectivity index (χ1v) is 8.27. The van der Waals surface area contributed by atoms with Crippen LogP contribution in [-0.4, -0.2) is 35.1 Å². The van der Waals surface area contributed by atoms with Crippen molar-refractivity contribution in [1.29, 1.82) is 0 Å². The Morgan fingerprint density at radius 1 is 1.00 bits per heavy atom. The number of benzene rings is 1. The van der Waals surface area contributed by atoms with Gasteiger partial charge in [0.25, 0.3) is 0 Å². The van der Waals surface area contributed by atoms with Gasteiger partial charge in [0.05, 0.1) is 6.85 Å². The van der Waals surface area contributed by atoms with E-state index in [1.165, 1.54) is 0 Å². The largest absolute Gasteiger partial charge is 0.458 e. The van der Waals surface area contributed by atoms with Gasteiger partial charge in [0, 0.05) is 12.0 Å². The number of hydrogen-bond acceptors (Lipinski definition) is 5. The van der Waals surface area contributed by atoms with Crippen LogP contribution in [0.4, 0.5) is 4.79 Å². The molecule has 0 aliphatic heterocycles. The molecule has 0 radical (unpaired) electrons. The molecule has 1 atom stereocenters. The number of ether oxygens (including phenoxy) is 2. The smallest absolute Gasteiger partial charge is 0.408 e. The maximum atomic E-state index is 12.7. The van der Waals surface area contributed by atoms with Crippen LogP contribution < -0.4 is 5.32 Å². The monoisotopic (exact) mass is 368 g/mol. The molecule has 1 aromatic rings. The molecule has 1 aromatic carbocycles. The molecular weight excluding hydrogens is 334 g/mol. The van der Waals surface area contributed by atoms with Crippen molar-refractivity contribution in [3.63, 3.8) is 0 Å². The van der Waals surface area contributed by atoms with Gasteiger partial charge in [0.15, 0.2) is 5.78 Å². The molecule has 144 valence electrons. The SMILES string of the molecule is [2H]c1c([2H])c([2H])c(C(=O)CCC(NC(=O)OC(C)(C)C)C(=O)OC(C)(C)C)c([2H])c1[2H]. The molecule has 6 heteroatoms. The Morgan fingerprint density at radius 3 is 2.04 bits per heavy atom. The van der Waals surface area contributed by atoms with Crippen molar-refractivity contribution in [2.24, 2.45) is 0 Å². The average molecular weight is 368 g/mol. The van der Waals surface area contributed by atoms with Gasteiger partial charge in [-0.3, -0.25) is 4.79 Å². The molecule has 0 fully saturated rings. The normalized spacial score (nSPS) is 15.5. The third-order valence-electron chi connectivity index (χ3n) is 2.82. The third kappa shape index (κ3) is 8.65. The van der Waals surface area contributed by atoms with Crippen LogP contribution in [0.2, 0.25) is 0 Å². The zero-order valence-electron chi connectivity index (χ0n) is 21.0. The van der Waals surface area contributed by atoms with Gasteiger partial charge in [-0.25, -0.2) is 9.59 Å². The molecule has 0 spiro atoms. The lowest BCUT2D eigenvalue weighted by Crippen LogP contribution is -2.46. The molecule has 1 unspecified atom stereocenters. The highest BCUT2D eigenvalue weighted by atomic mass is 16.6. The van der Waals surface area contributed by atoms with Crippen LogP contribution in [0.3, 0.4) is 0 Å². The number of rotatable bonds is 6. The zero-order chi connectivity index (χ0) is 24.3. The summed E-state index contributed by atoms with van der Waals surface area (Å²) in [6, 6.07) is -4.33. The van der Waals surface area contributed by atoms with E-state index in [-0.39, 0.29) is 12.8 Å². The topological polar surface area (TPSA) is 81.7 Å². The van der Waals surface area contributed by atoms with Crippen LogP contribution in [0.25, 0.3) is 0 Å². The first-order chi connectivity index (χ1) is 13.9. The quantitative estimate of drug-likeness (QED) is 0.608. The van der Waals surface area contributed by atoms with Crippen molar-refractivity contribution in [3.8, 4) is 0 Å². The summed E-state index contributed by atoms with van der Waals surface area (Å²) in [6.07, 6.45) is -1.46. The maximum absolute atomic E-state index is 12.7. The lowest BCUT2D eigenvalue weighted by Gasteiger charge is -2.26. The van der Waals surface area contributed by atoms with Crippen LogP contribution in [-0.2, 0) is 14.3 Å². The molecule has 0 aliphatic rings. The summed E-state index contributed by atoms with van der Waals surface area (Å²) < 4.78 is 49.2. The van der Waals surface area contributed by atoms with Crippen LogP contribution >= 0.6 is 0 Å². The molecule has 1 rings (SSSR count). The number of Topliss-reactive ketones (excluding diaryl/α,β-unsaturated/α-hetero) is 1. The van der Waals surface area contributed by atoms with E-state index in [9.17, 15) is 14.4 Å². The molecule has 0 aromatic heterocycles. The van der Waals surface area contributed by atoms with E-state index in [1.807, 2.05) is 0 Å². The Balaban J connectivity index is 3.09. The van der Waals surface area contributed by atoms with Crippen molar-refractivity contribution < 1.29 is 30.7 Å². The minimum Gasteiger partial charge on any atom is -0.458 e. The molecule has 0 saturated heterocycles. The van der Waals surface area contributed by atoms with E-state index in [4.69, 9.17) is 16.3 Å². The number of carbonyl (C=O) groups is 3. The van der Waals surface area contributed by atoms with E-state index in [0.29, 0.717) is 0 Å². The van der Waals surface area contributed by atoms with E-state index in [1.54, 1.807) is 41.5 Å². The fourth-order valence-electron chi connectivity index (χ4n) is 1.86. The molecule has 6 nitrogen and oxygen atoms in total. The summed E-state index contributed by atoms with van der Waals surface area (Å²) in [4.78, 5) is 37.3. The van der Waals surface area contributed by atoms with Gasteiger partial charge in [0.2, 0.25) is 0 Å². The summed E-state index contributed by atoms with van der Waals surface area (Å²) >= 11 is 0. The zero-order valence-corrected chi connectivity index (χ0v) is 16.0. The summed E-state index contributed by atoms with van der Waals surface area (Å²) in [6.45, 7) is 9.89. The number of amides is 1. The van der Waals surface area contributed by atoms with E-state index < -0.39 is 70.9 Å². The van der Waals surface area contributed by atoms with Gasteiger partial charge in [-0.1, -0.05) is 30.2 Å². The number of carbonyl (C=O) groups excluding carboxylic acids is 3. The van der Waals surface area contributed by atoms with Gasteiger partial charge in [-0.2, -0.15) is 0 Å². The highest BCUT2D eigenvalue weighted by Crippen LogP contribution is 2.14. The van der Waals surface area contributed by atoms with Crippen LogP contribution in [0.15, 0.2) is 30.2 Å². The highest BCUT2D eigenvalue weighted by molar-refractivity contribution is 5.96. The van der Waals surface area contributed by atoms with E-state index >= 15 is 0 Å². The van der Waals surface area contributed by atoms with Crippen molar-refractivity contribution in [3.05, 3.63) is 35.8 Å². The van der Waals surface area contributed by atoms with Crippen LogP contribution in [0.5, 0.6) is 0 Å². The lowest BCUT2D eigenvalue weighted by molar-refractivity contribution is -0.157. The fourth-order valence-corrected chi connectivity index (χ4v) is 1.86. The van der Waals surface area contributed by atoms with Gasteiger partial charge in [0.1, 0.15) is 17.2 Å². The first-order valence-electron chi connectivity index (χ1n) is 10.8. The lowest BCUT2D eigenvalue weighted by atomic mass is 10.0. The average Bonchev–Trinajstić information content (AvgIpc) is 2.58. The molecule has 1 N–H and O–H groups in total. The third-order valence-corrected chi connectivity index (χ3v) is 2.82. The van der Waals surface area contributed by atoms with E-state index in [2.05, 4.69) is 5.32 Å². The van der Waals surface area contributed by atoms with Gasteiger partial charge in [-0.05, 0) is 48.0 Å². The number of alkyl carbamates (subject to hydrolysis) is 1. The molecule has 0 bridgehead atoms. The van der Waals surface area contributed by atoms with Gasteiger partial charge in [-0.15, -0.1) is 0 Å². The van der Waals surface area contributed by atoms with Gasteiger partial charge < -0.3 is 14.8 Å². The second-order valence-corrected chi connectivity index (χ2v) is 7.69. The Labute approximate surface area is 162 Å². The summed E-state index contributed by atoms with van der Waals surface area (Å²) in [5, 5.41) is 2.38. The number of esters is 1.